The van der Waals surface area contributed by atoms with Crippen molar-refractivity contribution in [1.82, 2.24) is 25.1 Å². The molecule has 6 heteroatoms. The predicted molar refractivity (Wildman–Crippen MR) is 79.2 cm³/mol. The van der Waals surface area contributed by atoms with Gasteiger partial charge in [-0.2, -0.15) is 9.61 Å². The summed E-state index contributed by atoms with van der Waals surface area (Å²) in [5.74, 6) is 1.66. The van der Waals surface area contributed by atoms with E-state index in [1.165, 1.54) is 50.0 Å². The van der Waals surface area contributed by atoms with Gasteiger partial charge in [0.15, 0.2) is 5.82 Å². The Hall–Kier alpha value is -1.01. The van der Waals surface area contributed by atoms with Crippen molar-refractivity contribution in [3.05, 3.63) is 10.8 Å². The molecule has 0 unspecified atom stereocenters. The van der Waals surface area contributed by atoms with Crippen LogP contribution in [0, 0.1) is 0 Å². The maximum atomic E-state index is 4.74. The Morgan fingerprint density at radius 2 is 1.95 bits per heavy atom. The highest BCUT2D eigenvalue weighted by Gasteiger charge is 2.23. The number of hydrogen-bond donors (Lipinski definition) is 1. The molecule has 2 saturated carbocycles. The fourth-order valence-electron chi connectivity index (χ4n) is 3.06. The van der Waals surface area contributed by atoms with Crippen LogP contribution in [0.4, 0.5) is 0 Å². The smallest absolute Gasteiger partial charge is 0.234 e. The molecule has 2 aliphatic rings. The van der Waals surface area contributed by atoms with Crippen LogP contribution in [-0.4, -0.2) is 32.4 Å². The molecular formula is C14H21N5S. The molecule has 0 aliphatic heterocycles. The zero-order chi connectivity index (χ0) is 13.4. The Morgan fingerprint density at radius 1 is 1.10 bits per heavy atom. The minimum Gasteiger partial charge on any atom is -0.314 e. The molecule has 2 aliphatic carbocycles. The van der Waals surface area contributed by atoms with Gasteiger partial charge in [-0.3, -0.25) is 0 Å². The first-order chi connectivity index (χ1) is 9.90. The van der Waals surface area contributed by atoms with Gasteiger partial charge < -0.3 is 5.32 Å². The van der Waals surface area contributed by atoms with Crippen LogP contribution in [0.5, 0.6) is 0 Å². The predicted octanol–water partition coefficient (Wildman–Crippen LogP) is 2.53. The fraction of sp³-hybridized carbons (Fsp3) is 0.786. The van der Waals surface area contributed by atoms with Crippen molar-refractivity contribution in [2.75, 3.05) is 6.54 Å². The van der Waals surface area contributed by atoms with Crippen LogP contribution >= 0.6 is 11.3 Å². The molecule has 2 heterocycles. The summed E-state index contributed by atoms with van der Waals surface area (Å²) in [6, 6.07) is 0.776. The molecule has 5 nitrogen and oxygen atoms in total. The molecule has 1 N–H and O–H groups in total. The lowest BCUT2D eigenvalue weighted by atomic mass is 9.89. The maximum absolute atomic E-state index is 4.74. The van der Waals surface area contributed by atoms with Gasteiger partial charge in [0.1, 0.15) is 5.01 Å². The van der Waals surface area contributed by atoms with E-state index in [9.17, 15) is 0 Å². The molecular weight excluding hydrogens is 270 g/mol. The fourth-order valence-corrected chi connectivity index (χ4v) is 3.90. The monoisotopic (exact) mass is 291 g/mol. The van der Waals surface area contributed by atoms with Crippen LogP contribution in [0.15, 0.2) is 0 Å². The van der Waals surface area contributed by atoms with Crippen molar-refractivity contribution >= 4 is 16.3 Å². The molecule has 2 fully saturated rings. The average molecular weight is 291 g/mol. The quantitative estimate of drug-likeness (QED) is 0.919. The normalized spacial score (nSPS) is 20.8. The van der Waals surface area contributed by atoms with Crippen molar-refractivity contribution in [3.8, 4) is 0 Å². The highest BCUT2D eigenvalue weighted by molar-refractivity contribution is 7.16. The summed E-state index contributed by atoms with van der Waals surface area (Å²) in [7, 11) is 0. The third-order valence-electron chi connectivity index (χ3n) is 4.38. The first-order valence-electron chi connectivity index (χ1n) is 7.84. The molecule has 20 heavy (non-hydrogen) atoms. The van der Waals surface area contributed by atoms with Gasteiger partial charge in [0, 0.05) is 24.9 Å². The van der Waals surface area contributed by atoms with Crippen molar-refractivity contribution in [1.29, 1.82) is 0 Å². The second kappa shape index (κ2) is 5.41. The number of rotatable bonds is 5. The van der Waals surface area contributed by atoms with Crippen molar-refractivity contribution in [2.24, 2.45) is 0 Å². The Balaban J connectivity index is 1.48. The molecule has 108 valence electrons. The topological polar surface area (TPSA) is 55.1 Å². The highest BCUT2D eigenvalue weighted by atomic mass is 32.1. The van der Waals surface area contributed by atoms with Gasteiger partial charge in [-0.1, -0.05) is 30.6 Å². The van der Waals surface area contributed by atoms with Gasteiger partial charge in [0.05, 0.1) is 0 Å². The van der Waals surface area contributed by atoms with Gasteiger partial charge in [-0.25, -0.2) is 0 Å². The molecule has 2 aromatic rings. The van der Waals surface area contributed by atoms with Crippen LogP contribution < -0.4 is 5.32 Å². The van der Waals surface area contributed by atoms with E-state index in [2.05, 4.69) is 15.5 Å². The molecule has 0 atom stereocenters. The molecule has 0 bridgehead atoms. The van der Waals surface area contributed by atoms with Gasteiger partial charge in [0.25, 0.3) is 0 Å². The minimum atomic E-state index is 0.568. The van der Waals surface area contributed by atoms with Crippen molar-refractivity contribution < 1.29 is 0 Å². The standard InChI is InChI=1S/C14H21N5S/c1-2-4-10(5-3-1)13-16-17-14-19(13)18-12(20-14)8-9-15-11-6-7-11/h10-11,15H,1-9H2. The van der Waals surface area contributed by atoms with Crippen LogP contribution in [0.2, 0.25) is 0 Å². The lowest BCUT2D eigenvalue weighted by Crippen LogP contribution is -2.19. The Labute approximate surface area is 122 Å². The van der Waals surface area contributed by atoms with E-state index in [4.69, 9.17) is 5.10 Å². The van der Waals surface area contributed by atoms with Crippen LogP contribution in [0.3, 0.4) is 0 Å². The molecule has 0 saturated heterocycles. The third kappa shape index (κ3) is 2.59. The van der Waals surface area contributed by atoms with Gasteiger partial charge in [0.2, 0.25) is 4.96 Å². The molecule has 4 rings (SSSR count). The molecule has 0 spiro atoms. The number of nitrogens with zero attached hydrogens (tertiary/aromatic N) is 4. The molecule has 2 aromatic heterocycles. The summed E-state index contributed by atoms with van der Waals surface area (Å²) >= 11 is 1.69. The number of hydrogen-bond acceptors (Lipinski definition) is 5. The van der Waals surface area contributed by atoms with E-state index >= 15 is 0 Å². The first-order valence-corrected chi connectivity index (χ1v) is 8.66. The van der Waals surface area contributed by atoms with E-state index in [1.54, 1.807) is 11.3 Å². The van der Waals surface area contributed by atoms with Crippen molar-refractivity contribution in [3.63, 3.8) is 0 Å². The number of nitrogens with one attached hydrogen (secondary N) is 1. The zero-order valence-electron chi connectivity index (χ0n) is 11.7. The lowest BCUT2D eigenvalue weighted by molar-refractivity contribution is 0.423. The molecule has 0 amide bonds. The Morgan fingerprint density at radius 3 is 2.75 bits per heavy atom. The van der Waals surface area contributed by atoms with Crippen LogP contribution in [0.25, 0.3) is 4.96 Å². The third-order valence-corrected chi connectivity index (χ3v) is 5.33. The summed E-state index contributed by atoms with van der Waals surface area (Å²) in [6.07, 6.45) is 10.2. The Bertz CT molecular complexity index is 579. The number of fused-ring (bicyclic) bond motifs is 1. The zero-order valence-corrected chi connectivity index (χ0v) is 12.5. The largest absolute Gasteiger partial charge is 0.314 e. The van der Waals surface area contributed by atoms with E-state index < -0.39 is 0 Å². The van der Waals surface area contributed by atoms with E-state index in [0.717, 1.165) is 29.8 Å². The Kier molecular flexibility index (Phi) is 3.44. The summed E-state index contributed by atoms with van der Waals surface area (Å²) in [5, 5.41) is 18.2. The van der Waals surface area contributed by atoms with E-state index in [-0.39, 0.29) is 0 Å². The van der Waals surface area contributed by atoms with E-state index in [0.29, 0.717) is 5.92 Å². The molecule has 0 aromatic carbocycles. The summed E-state index contributed by atoms with van der Waals surface area (Å²) < 4.78 is 2.01. The van der Waals surface area contributed by atoms with E-state index in [1.807, 2.05) is 4.52 Å². The summed E-state index contributed by atoms with van der Waals surface area (Å²) in [4.78, 5) is 0.965. The van der Waals surface area contributed by atoms with Gasteiger partial charge >= 0.3 is 0 Å². The van der Waals surface area contributed by atoms with Crippen molar-refractivity contribution in [2.45, 2.75) is 63.3 Å². The van der Waals surface area contributed by atoms with Crippen LogP contribution in [-0.2, 0) is 6.42 Å². The second-order valence-corrected chi connectivity index (χ2v) is 7.10. The highest BCUT2D eigenvalue weighted by Crippen LogP contribution is 2.32. The minimum absolute atomic E-state index is 0.568. The average Bonchev–Trinajstić information content (AvgIpc) is 3.08. The SMILES string of the molecule is C1CCC(c2nnc3sc(CCNC4CC4)nn23)CC1. The maximum Gasteiger partial charge on any atom is 0.234 e. The number of aromatic nitrogens is 4. The lowest BCUT2D eigenvalue weighted by Gasteiger charge is -2.18. The summed E-state index contributed by atoms with van der Waals surface area (Å²) in [6.45, 7) is 1.04. The summed E-state index contributed by atoms with van der Waals surface area (Å²) in [5.41, 5.74) is 0. The first kappa shape index (κ1) is 12.7. The van der Waals surface area contributed by atoms with Gasteiger partial charge in [-0.15, -0.1) is 10.2 Å². The van der Waals surface area contributed by atoms with Crippen LogP contribution in [0.1, 0.15) is 61.7 Å². The second-order valence-electron chi connectivity index (χ2n) is 6.06. The molecule has 0 radical (unpaired) electrons. The van der Waals surface area contributed by atoms with Gasteiger partial charge in [-0.05, 0) is 25.7 Å².